The molecule has 31 heavy (non-hydrogen) atoms. The number of nitrogens with zero attached hydrogens (tertiary/aromatic N) is 3. The molecule has 170 valence electrons. The van der Waals surface area contributed by atoms with E-state index in [0.717, 1.165) is 63.9 Å². The summed E-state index contributed by atoms with van der Waals surface area (Å²) in [6.45, 7) is 3.69. The van der Waals surface area contributed by atoms with Gasteiger partial charge in [-0.2, -0.15) is 18.4 Å². The standard InChI is InChI=1S/C22H28F4N4O/c23-20-6-5-18(15-19(20)22(24,25)26)30-13-11-29(12-14-30)10-8-16-1-3-17(4-2-16)28-21(31)7-9-27/h5-6,15-17H,1-4,7-8,10-14H2,(H,28,31). The van der Waals surface area contributed by atoms with Crippen LogP contribution in [0.1, 0.15) is 44.1 Å². The molecule has 0 unspecified atom stereocenters. The molecule has 0 aromatic heterocycles. The number of carbonyl (C=O) groups excluding carboxylic acids is 1. The first kappa shape index (κ1) is 23.3. The molecule has 1 saturated carbocycles. The van der Waals surface area contributed by atoms with Crippen molar-refractivity contribution in [2.75, 3.05) is 37.6 Å². The summed E-state index contributed by atoms with van der Waals surface area (Å²) in [6, 6.07) is 5.23. The van der Waals surface area contributed by atoms with Gasteiger partial charge in [0.05, 0.1) is 11.6 Å². The molecule has 0 bridgehead atoms. The normalized spacial score (nSPS) is 22.7. The van der Waals surface area contributed by atoms with Crippen molar-refractivity contribution in [2.24, 2.45) is 5.92 Å². The Kier molecular flexibility index (Phi) is 7.76. The molecule has 1 heterocycles. The topological polar surface area (TPSA) is 59.4 Å². The highest BCUT2D eigenvalue weighted by molar-refractivity contribution is 5.78. The van der Waals surface area contributed by atoms with E-state index in [1.165, 1.54) is 6.07 Å². The number of rotatable bonds is 6. The Hall–Kier alpha value is -2.34. The van der Waals surface area contributed by atoms with E-state index >= 15 is 0 Å². The van der Waals surface area contributed by atoms with Crippen molar-refractivity contribution in [3.05, 3.63) is 29.6 Å². The van der Waals surface area contributed by atoms with E-state index in [9.17, 15) is 22.4 Å². The number of hydrogen-bond donors (Lipinski definition) is 1. The number of hydrogen-bond acceptors (Lipinski definition) is 4. The molecule has 2 aliphatic rings. The molecule has 1 amide bonds. The molecule has 2 fully saturated rings. The smallest absolute Gasteiger partial charge is 0.369 e. The van der Waals surface area contributed by atoms with Crippen LogP contribution in [-0.2, 0) is 11.0 Å². The maximum absolute atomic E-state index is 13.5. The lowest BCUT2D eigenvalue weighted by atomic mass is 9.84. The molecule has 3 rings (SSSR count). The maximum Gasteiger partial charge on any atom is 0.419 e. The predicted octanol–water partition coefficient (Wildman–Crippen LogP) is 3.95. The number of nitriles is 1. The number of amides is 1. The first-order valence-corrected chi connectivity index (χ1v) is 10.8. The van der Waals surface area contributed by atoms with Crippen LogP contribution >= 0.6 is 0 Å². The number of anilines is 1. The van der Waals surface area contributed by atoms with E-state index in [-0.39, 0.29) is 18.4 Å². The molecule has 1 saturated heterocycles. The van der Waals surface area contributed by atoms with Crippen LogP contribution in [-0.4, -0.2) is 49.6 Å². The van der Waals surface area contributed by atoms with E-state index in [2.05, 4.69) is 10.2 Å². The second-order valence-electron chi connectivity index (χ2n) is 8.40. The lowest BCUT2D eigenvalue weighted by molar-refractivity contribution is -0.140. The second-order valence-corrected chi connectivity index (χ2v) is 8.40. The summed E-state index contributed by atoms with van der Waals surface area (Å²) in [5, 5.41) is 11.5. The molecule has 1 aromatic carbocycles. The molecule has 0 radical (unpaired) electrons. The van der Waals surface area contributed by atoms with E-state index in [1.807, 2.05) is 11.0 Å². The van der Waals surface area contributed by atoms with Crippen LogP contribution in [0.2, 0.25) is 0 Å². The molecular weight excluding hydrogens is 412 g/mol. The Labute approximate surface area is 180 Å². The van der Waals surface area contributed by atoms with Crippen molar-refractivity contribution >= 4 is 11.6 Å². The average molecular weight is 440 g/mol. The minimum atomic E-state index is -4.69. The van der Waals surface area contributed by atoms with E-state index < -0.39 is 17.6 Å². The highest BCUT2D eigenvalue weighted by Gasteiger charge is 2.35. The Balaban J connectivity index is 1.40. The third-order valence-electron chi connectivity index (χ3n) is 6.30. The van der Waals surface area contributed by atoms with Crippen LogP contribution in [0.5, 0.6) is 0 Å². The Morgan fingerprint density at radius 1 is 1.13 bits per heavy atom. The highest BCUT2D eigenvalue weighted by atomic mass is 19.4. The maximum atomic E-state index is 13.5. The number of benzene rings is 1. The van der Waals surface area contributed by atoms with Crippen LogP contribution in [0.15, 0.2) is 18.2 Å². The number of alkyl halides is 3. The fourth-order valence-electron chi connectivity index (χ4n) is 4.47. The monoisotopic (exact) mass is 440 g/mol. The number of piperazine rings is 1. The van der Waals surface area contributed by atoms with Crippen molar-refractivity contribution in [1.82, 2.24) is 10.2 Å². The molecule has 9 heteroatoms. The van der Waals surface area contributed by atoms with E-state index in [4.69, 9.17) is 5.26 Å². The van der Waals surface area contributed by atoms with Gasteiger partial charge in [-0.3, -0.25) is 9.69 Å². The molecule has 1 aromatic rings. The molecule has 0 spiro atoms. The SMILES string of the molecule is N#CCC(=O)NC1CCC(CCN2CCN(c3ccc(F)c(C(F)(F)F)c3)CC2)CC1. The Bertz CT molecular complexity index is 792. The van der Waals surface area contributed by atoms with Gasteiger partial charge in [0.15, 0.2) is 0 Å². The van der Waals surface area contributed by atoms with Crippen LogP contribution in [0.4, 0.5) is 23.2 Å². The summed E-state index contributed by atoms with van der Waals surface area (Å²) in [5.41, 5.74) is -0.808. The summed E-state index contributed by atoms with van der Waals surface area (Å²) < 4.78 is 52.4. The van der Waals surface area contributed by atoms with Gasteiger partial charge in [0, 0.05) is 37.9 Å². The lowest BCUT2D eigenvalue weighted by Crippen LogP contribution is -2.47. The minimum absolute atomic E-state index is 0.0959. The quantitative estimate of drug-likeness (QED) is 0.681. The largest absolute Gasteiger partial charge is 0.419 e. The zero-order valence-electron chi connectivity index (χ0n) is 17.4. The lowest BCUT2D eigenvalue weighted by Gasteiger charge is -2.37. The predicted molar refractivity (Wildman–Crippen MR) is 109 cm³/mol. The van der Waals surface area contributed by atoms with Gasteiger partial charge in [-0.25, -0.2) is 4.39 Å². The Morgan fingerprint density at radius 2 is 1.81 bits per heavy atom. The Morgan fingerprint density at radius 3 is 2.42 bits per heavy atom. The molecule has 0 atom stereocenters. The zero-order valence-corrected chi connectivity index (χ0v) is 17.4. The summed E-state index contributed by atoms with van der Waals surface area (Å²) in [5.74, 6) is -0.838. The third kappa shape index (κ3) is 6.57. The van der Waals surface area contributed by atoms with Gasteiger partial charge in [0.1, 0.15) is 12.2 Å². The first-order chi connectivity index (χ1) is 14.8. The molecular formula is C22H28F4N4O. The second kappa shape index (κ2) is 10.3. The summed E-state index contributed by atoms with van der Waals surface area (Å²) in [7, 11) is 0. The van der Waals surface area contributed by atoms with Gasteiger partial charge in [-0.1, -0.05) is 0 Å². The van der Waals surface area contributed by atoms with Crippen molar-refractivity contribution in [1.29, 1.82) is 5.26 Å². The molecule has 1 aliphatic carbocycles. The average Bonchev–Trinajstić information content (AvgIpc) is 2.73. The van der Waals surface area contributed by atoms with Gasteiger partial charge in [-0.15, -0.1) is 0 Å². The highest BCUT2D eigenvalue weighted by Crippen LogP contribution is 2.34. The van der Waals surface area contributed by atoms with Crippen molar-refractivity contribution in [3.8, 4) is 6.07 Å². The fraction of sp³-hybridized carbons (Fsp3) is 0.636. The number of halogens is 4. The first-order valence-electron chi connectivity index (χ1n) is 10.8. The number of nitrogens with one attached hydrogen (secondary N) is 1. The van der Waals surface area contributed by atoms with Crippen LogP contribution < -0.4 is 10.2 Å². The van der Waals surface area contributed by atoms with Crippen LogP contribution in [0.3, 0.4) is 0 Å². The van der Waals surface area contributed by atoms with Crippen LogP contribution in [0.25, 0.3) is 0 Å². The summed E-state index contributed by atoms with van der Waals surface area (Å²) >= 11 is 0. The van der Waals surface area contributed by atoms with Gasteiger partial charge in [0.25, 0.3) is 0 Å². The fourth-order valence-corrected chi connectivity index (χ4v) is 4.47. The van der Waals surface area contributed by atoms with Gasteiger partial charge < -0.3 is 10.2 Å². The van der Waals surface area contributed by atoms with Gasteiger partial charge in [0.2, 0.25) is 5.91 Å². The van der Waals surface area contributed by atoms with E-state index in [0.29, 0.717) is 24.7 Å². The number of carbonyl (C=O) groups is 1. The molecule has 1 aliphatic heterocycles. The van der Waals surface area contributed by atoms with Gasteiger partial charge >= 0.3 is 6.18 Å². The van der Waals surface area contributed by atoms with Crippen molar-refractivity contribution < 1.29 is 22.4 Å². The van der Waals surface area contributed by atoms with Crippen LogP contribution in [0, 0.1) is 23.1 Å². The summed E-state index contributed by atoms with van der Waals surface area (Å²) in [6.07, 6.45) is 0.235. The zero-order chi connectivity index (χ0) is 22.4. The van der Waals surface area contributed by atoms with E-state index in [1.54, 1.807) is 0 Å². The third-order valence-corrected chi connectivity index (χ3v) is 6.30. The summed E-state index contributed by atoms with van der Waals surface area (Å²) in [4.78, 5) is 15.7. The minimum Gasteiger partial charge on any atom is -0.369 e. The molecule has 5 nitrogen and oxygen atoms in total. The van der Waals surface area contributed by atoms with Gasteiger partial charge in [-0.05, 0) is 62.8 Å². The van der Waals surface area contributed by atoms with Crippen molar-refractivity contribution in [2.45, 2.75) is 50.7 Å². The molecule has 1 N–H and O–H groups in total. The van der Waals surface area contributed by atoms with Crippen molar-refractivity contribution in [3.63, 3.8) is 0 Å².